The van der Waals surface area contributed by atoms with Gasteiger partial charge in [0.1, 0.15) is 19.3 Å². The van der Waals surface area contributed by atoms with E-state index in [2.05, 4.69) is 99.0 Å². The quantitative estimate of drug-likeness (QED) is 0.0212. The molecule has 0 radical (unpaired) electrons. The minimum atomic E-state index is -4.71. The van der Waals surface area contributed by atoms with E-state index in [0.717, 1.165) is 109 Å². The zero-order valence-corrected chi connectivity index (χ0v) is 50.4. The fourth-order valence-corrected chi connectivity index (χ4v) is 9.27. The van der Waals surface area contributed by atoms with Crippen LogP contribution in [0.1, 0.15) is 265 Å². The minimum absolute atomic E-state index is 0.0307. The Balaban J connectivity index is 5.22. The Morgan fingerprint density at radius 1 is 0.480 bits per heavy atom. The second kappa shape index (κ2) is 54.5. The van der Waals surface area contributed by atoms with E-state index < -0.39 is 26.6 Å². The standard InChI is InChI=1S/C65H117N2O7P/c1-7-10-13-16-19-22-25-28-30-31-32-33-34-35-36-37-38-40-43-46-49-52-55-58-65(69)74-63(56-53-50-47-44-41-27-24-21-18-15-12-9-3)62(61-73-75(70,71)72-60-59-67(4,5)6)66-64(68)57-54-51-48-45-42-39-29-26-23-20-17-14-11-8-2/h11,14,19-20,22-23,28-30,32-33,39,53,56,62-63H,7-10,12-13,15-18,21,24-27,31,34-38,40-52,54-55,57-61H2,1-6H3,(H-,66,68,70,71)/b14-11+,22-19-,23-20+,30-28-,33-32-,39-29+,56-53-. The normalized spacial score (nSPS) is 14.3. The molecule has 3 unspecified atom stereocenters. The smallest absolute Gasteiger partial charge is 0.306 e. The Morgan fingerprint density at radius 2 is 0.853 bits per heavy atom. The highest BCUT2D eigenvalue weighted by Gasteiger charge is 2.27. The Labute approximate surface area is 463 Å². The van der Waals surface area contributed by atoms with Gasteiger partial charge in [-0.2, -0.15) is 0 Å². The first-order valence-corrected chi connectivity index (χ1v) is 32.4. The molecular weight excluding hydrogens is 952 g/mol. The van der Waals surface area contributed by atoms with Gasteiger partial charge in [-0.25, -0.2) is 0 Å². The number of allylic oxidation sites excluding steroid dienone is 13. The van der Waals surface area contributed by atoms with Gasteiger partial charge >= 0.3 is 5.97 Å². The number of amides is 1. The SMILES string of the molecule is CC/C=C/C/C=C/C/C=C/CCCCCCC(=O)NC(COP(=O)([O-])OCC[N+](C)(C)C)C(/C=C\CCCCCCCCCCCC)OC(=O)CCCCCCCCCCCC/C=C\C/C=C\C/C=C\CCCCC. The van der Waals surface area contributed by atoms with E-state index in [1.54, 1.807) is 0 Å². The molecule has 0 saturated carbocycles. The summed E-state index contributed by atoms with van der Waals surface area (Å²) in [5.41, 5.74) is 0. The molecule has 0 saturated heterocycles. The first kappa shape index (κ1) is 72.2. The van der Waals surface area contributed by atoms with E-state index in [1.165, 1.54) is 116 Å². The van der Waals surface area contributed by atoms with Gasteiger partial charge in [-0.05, 0) is 102 Å². The van der Waals surface area contributed by atoms with Crippen molar-refractivity contribution in [3.05, 3.63) is 85.1 Å². The third-order valence-corrected chi connectivity index (χ3v) is 14.3. The molecule has 0 fully saturated rings. The summed E-state index contributed by atoms with van der Waals surface area (Å²) in [6.07, 6.45) is 71.2. The molecule has 434 valence electrons. The zero-order chi connectivity index (χ0) is 55.0. The van der Waals surface area contributed by atoms with Crippen molar-refractivity contribution in [3.63, 3.8) is 0 Å². The summed E-state index contributed by atoms with van der Waals surface area (Å²) in [7, 11) is 1.16. The predicted octanol–water partition coefficient (Wildman–Crippen LogP) is 18.4. The molecule has 0 aromatic rings. The number of likely N-dealkylation sites (N-methyl/N-ethyl adjacent to an activating group) is 1. The maximum absolute atomic E-state index is 13.5. The van der Waals surface area contributed by atoms with Crippen LogP contribution in [-0.2, 0) is 27.9 Å². The Kier molecular flexibility index (Phi) is 52.5. The molecule has 0 aromatic heterocycles. The molecule has 0 aliphatic carbocycles. The van der Waals surface area contributed by atoms with Crippen molar-refractivity contribution in [1.29, 1.82) is 0 Å². The molecule has 0 aliphatic heterocycles. The molecule has 0 rings (SSSR count). The van der Waals surface area contributed by atoms with Gasteiger partial charge in [0.2, 0.25) is 5.91 Å². The first-order valence-electron chi connectivity index (χ1n) is 30.9. The van der Waals surface area contributed by atoms with Gasteiger partial charge in [-0.3, -0.25) is 14.2 Å². The van der Waals surface area contributed by atoms with Gasteiger partial charge in [0.05, 0.1) is 33.8 Å². The van der Waals surface area contributed by atoms with Crippen LogP contribution in [0, 0.1) is 0 Å². The van der Waals surface area contributed by atoms with E-state index >= 15 is 0 Å². The number of hydrogen-bond acceptors (Lipinski definition) is 7. The molecule has 0 heterocycles. The van der Waals surface area contributed by atoms with E-state index in [0.29, 0.717) is 17.4 Å². The topological polar surface area (TPSA) is 114 Å². The van der Waals surface area contributed by atoms with Crippen molar-refractivity contribution >= 4 is 19.7 Å². The average molecular weight is 1070 g/mol. The van der Waals surface area contributed by atoms with Crippen LogP contribution in [0.2, 0.25) is 0 Å². The van der Waals surface area contributed by atoms with Gasteiger partial charge in [0, 0.05) is 12.8 Å². The number of hydrogen-bond donors (Lipinski definition) is 1. The molecule has 0 aromatic carbocycles. The number of nitrogens with one attached hydrogen (secondary N) is 1. The van der Waals surface area contributed by atoms with Crippen LogP contribution in [0.25, 0.3) is 0 Å². The van der Waals surface area contributed by atoms with Gasteiger partial charge in [-0.15, -0.1) is 0 Å². The fourth-order valence-electron chi connectivity index (χ4n) is 8.54. The number of carbonyl (C=O) groups excluding carboxylic acids is 2. The van der Waals surface area contributed by atoms with Gasteiger partial charge in [0.15, 0.2) is 0 Å². The minimum Gasteiger partial charge on any atom is -0.756 e. The Hall–Kier alpha value is -2.81. The number of phosphoric ester groups is 1. The van der Waals surface area contributed by atoms with Crippen LogP contribution in [0.5, 0.6) is 0 Å². The maximum Gasteiger partial charge on any atom is 0.306 e. The average Bonchev–Trinajstić information content (AvgIpc) is 3.37. The Bertz CT molecular complexity index is 1560. The highest BCUT2D eigenvalue weighted by Crippen LogP contribution is 2.38. The molecule has 0 aliphatic rings. The van der Waals surface area contributed by atoms with Crippen molar-refractivity contribution < 1.29 is 37.3 Å². The number of ether oxygens (including phenoxy) is 1. The second-order valence-corrected chi connectivity index (χ2v) is 23.2. The summed E-state index contributed by atoms with van der Waals surface area (Å²) in [6.45, 7) is 6.68. The maximum atomic E-state index is 13.5. The van der Waals surface area contributed by atoms with Crippen LogP contribution in [0.15, 0.2) is 85.1 Å². The largest absolute Gasteiger partial charge is 0.756 e. The van der Waals surface area contributed by atoms with Gasteiger partial charge < -0.3 is 28.5 Å². The fraction of sp³-hybridized carbons (Fsp3) is 0.754. The van der Waals surface area contributed by atoms with Gasteiger partial charge in [-0.1, -0.05) is 235 Å². The van der Waals surface area contributed by atoms with Crippen molar-refractivity contribution in [2.24, 2.45) is 0 Å². The van der Waals surface area contributed by atoms with Gasteiger partial charge in [0.25, 0.3) is 7.82 Å². The molecule has 3 atom stereocenters. The lowest BCUT2D eigenvalue weighted by molar-refractivity contribution is -0.870. The lowest BCUT2D eigenvalue weighted by Crippen LogP contribution is -2.47. The molecule has 1 N–H and O–H groups in total. The van der Waals surface area contributed by atoms with Crippen molar-refractivity contribution in [1.82, 2.24) is 5.32 Å². The number of nitrogens with zero attached hydrogens (tertiary/aromatic N) is 1. The third-order valence-electron chi connectivity index (χ3n) is 13.3. The van der Waals surface area contributed by atoms with Crippen molar-refractivity contribution in [2.45, 2.75) is 277 Å². The molecule has 0 spiro atoms. The van der Waals surface area contributed by atoms with Crippen LogP contribution >= 0.6 is 7.82 Å². The molecule has 9 nitrogen and oxygen atoms in total. The summed E-state index contributed by atoms with van der Waals surface area (Å²) >= 11 is 0. The van der Waals surface area contributed by atoms with Crippen molar-refractivity contribution in [3.8, 4) is 0 Å². The molecular formula is C65H117N2O7P. The van der Waals surface area contributed by atoms with Crippen LogP contribution in [-0.4, -0.2) is 69.4 Å². The van der Waals surface area contributed by atoms with E-state index in [-0.39, 0.29) is 31.3 Å². The number of esters is 1. The third kappa shape index (κ3) is 55.7. The summed E-state index contributed by atoms with van der Waals surface area (Å²) < 4.78 is 30.3. The second-order valence-electron chi connectivity index (χ2n) is 21.8. The summed E-state index contributed by atoms with van der Waals surface area (Å²) in [5, 5.41) is 3.01. The van der Waals surface area contributed by atoms with Crippen molar-refractivity contribution in [2.75, 3.05) is 40.9 Å². The molecule has 10 heteroatoms. The monoisotopic (exact) mass is 1070 g/mol. The van der Waals surface area contributed by atoms with Crippen LogP contribution in [0.3, 0.4) is 0 Å². The number of unbranched alkanes of at least 4 members (excludes halogenated alkanes) is 27. The highest BCUT2D eigenvalue weighted by molar-refractivity contribution is 7.45. The van der Waals surface area contributed by atoms with E-state index in [1.807, 2.05) is 33.3 Å². The number of phosphoric acid groups is 1. The number of quaternary nitrogens is 1. The summed E-state index contributed by atoms with van der Waals surface area (Å²) in [6, 6.07) is -0.905. The Morgan fingerprint density at radius 3 is 1.31 bits per heavy atom. The first-order chi connectivity index (χ1) is 36.4. The van der Waals surface area contributed by atoms with E-state index in [9.17, 15) is 19.0 Å². The highest BCUT2D eigenvalue weighted by atomic mass is 31.2. The number of rotatable bonds is 55. The lowest BCUT2D eigenvalue weighted by atomic mass is 10.0. The molecule has 75 heavy (non-hydrogen) atoms. The predicted molar refractivity (Wildman–Crippen MR) is 321 cm³/mol. The van der Waals surface area contributed by atoms with E-state index in [4.69, 9.17) is 13.8 Å². The zero-order valence-electron chi connectivity index (χ0n) is 49.5. The molecule has 1 amide bonds. The lowest BCUT2D eigenvalue weighted by Gasteiger charge is -2.30. The summed E-state index contributed by atoms with van der Waals surface area (Å²) in [5.74, 6) is -0.572. The molecule has 0 bridgehead atoms. The summed E-state index contributed by atoms with van der Waals surface area (Å²) in [4.78, 5) is 39.9. The number of carbonyl (C=O) groups is 2. The van der Waals surface area contributed by atoms with Crippen LogP contribution in [0.4, 0.5) is 0 Å². The van der Waals surface area contributed by atoms with Crippen LogP contribution < -0.4 is 10.2 Å².